The molecule has 2 rings (SSSR count). The van der Waals surface area contributed by atoms with Gasteiger partial charge in [0, 0.05) is 36.3 Å². The van der Waals surface area contributed by atoms with E-state index < -0.39 is 0 Å². The van der Waals surface area contributed by atoms with Gasteiger partial charge in [0.15, 0.2) is 0 Å². The van der Waals surface area contributed by atoms with Crippen molar-refractivity contribution in [1.82, 2.24) is 9.80 Å². The number of hydrogen-bond acceptors (Lipinski definition) is 3. The van der Waals surface area contributed by atoms with Gasteiger partial charge in [-0.2, -0.15) is 0 Å². The lowest BCUT2D eigenvalue weighted by molar-refractivity contribution is 0.117. The summed E-state index contributed by atoms with van der Waals surface area (Å²) in [4.78, 5) is 4.59. The molecule has 1 fully saturated rings. The normalized spacial score (nSPS) is 17.6. The lowest BCUT2D eigenvalue weighted by Crippen LogP contribution is -2.43. The molecule has 1 heterocycles. The van der Waals surface area contributed by atoms with Crippen molar-refractivity contribution < 1.29 is 9.50 Å². The molecule has 1 saturated heterocycles. The van der Waals surface area contributed by atoms with E-state index in [1.54, 1.807) is 12.1 Å². The molecule has 0 radical (unpaired) electrons. The van der Waals surface area contributed by atoms with E-state index in [4.69, 9.17) is 16.7 Å². The molecule has 1 aliphatic rings. The van der Waals surface area contributed by atoms with E-state index in [-0.39, 0.29) is 12.4 Å². The third-order valence-corrected chi connectivity index (χ3v) is 4.65. The van der Waals surface area contributed by atoms with Crippen molar-refractivity contribution in [1.29, 1.82) is 0 Å². The number of nitrogens with zero attached hydrogens (tertiary/aromatic N) is 2. The van der Waals surface area contributed by atoms with Crippen LogP contribution in [0.25, 0.3) is 0 Å². The van der Waals surface area contributed by atoms with Gasteiger partial charge in [0.25, 0.3) is 0 Å². The van der Waals surface area contributed by atoms with Crippen LogP contribution >= 0.6 is 11.6 Å². The van der Waals surface area contributed by atoms with Crippen LogP contribution in [0.5, 0.6) is 0 Å². The van der Waals surface area contributed by atoms with E-state index in [1.165, 1.54) is 6.07 Å². The number of rotatable bonds is 6. The number of hydrogen-bond donors (Lipinski definition) is 1. The fourth-order valence-corrected chi connectivity index (χ4v) is 3.15. The fraction of sp³-hybridized carbons (Fsp3) is 0.625. The van der Waals surface area contributed by atoms with Gasteiger partial charge in [-0.25, -0.2) is 4.39 Å². The standard InChI is InChI=1S/C16H24ClFN2O/c1-19(8-3-11-21)13-6-9-20(10-7-13)12-14-15(17)4-2-5-16(14)18/h2,4-5,13,21H,3,6-12H2,1H3. The molecule has 0 unspecified atom stereocenters. The van der Waals surface area contributed by atoms with Crippen molar-refractivity contribution in [3.8, 4) is 0 Å². The van der Waals surface area contributed by atoms with E-state index >= 15 is 0 Å². The van der Waals surface area contributed by atoms with Crippen LogP contribution < -0.4 is 0 Å². The number of likely N-dealkylation sites (tertiary alicyclic amines) is 1. The Balaban J connectivity index is 1.84. The number of aliphatic hydroxyl groups excluding tert-OH is 1. The van der Waals surface area contributed by atoms with Crippen LogP contribution in [0, 0.1) is 5.82 Å². The Bertz CT molecular complexity index is 430. The highest BCUT2D eigenvalue weighted by molar-refractivity contribution is 6.31. The van der Waals surface area contributed by atoms with Gasteiger partial charge < -0.3 is 10.0 Å². The third kappa shape index (κ3) is 4.65. The van der Waals surface area contributed by atoms with Gasteiger partial charge in [-0.3, -0.25) is 4.90 Å². The maximum atomic E-state index is 13.8. The zero-order valence-corrected chi connectivity index (χ0v) is 13.3. The van der Waals surface area contributed by atoms with Crippen molar-refractivity contribution in [2.75, 3.05) is 33.3 Å². The predicted molar refractivity (Wildman–Crippen MR) is 84.0 cm³/mol. The van der Waals surface area contributed by atoms with Gasteiger partial charge in [0.2, 0.25) is 0 Å². The number of halogens is 2. The largest absolute Gasteiger partial charge is 0.396 e. The monoisotopic (exact) mass is 314 g/mol. The average molecular weight is 315 g/mol. The molecule has 3 nitrogen and oxygen atoms in total. The Morgan fingerprint density at radius 2 is 2.10 bits per heavy atom. The predicted octanol–water partition coefficient (Wildman–Crippen LogP) is 2.76. The Morgan fingerprint density at radius 3 is 2.71 bits per heavy atom. The molecule has 0 atom stereocenters. The van der Waals surface area contributed by atoms with Crippen LogP contribution in [0.2, 0.25) is 5.02 Å². The first-order valence-electron chi connectivity index (χ1n) is 7.58. The minimum Gasteiger partial charge on any atom is -0.396 e. The maximum absolute atomic E-state index is 13.8. The Labute approximate surface area is 131 Å². The molecule has 0 bridgehead atoms. The molecule has 0 spiro atoms. The zero-order valence-electron chi connectivity index (χ0n) is 12.6. The average Bonchev–Trinajstić information content (AvgIpc) is 2.49. The number of benzene rings is 1. The van der Waals surface area contributed by atoms with Crippen LogP contribution in [0.3, 0.4) is 0 Å². The van der Waals surface area contributed by atoms with E-state index in [0.29, 0.717) is 23.2 Å². The van der Waals surface area contributed by atoms with Crippen LogP contribution in [0.4, 0.5) is 4.39 Å². The SMILES string of the molecule is CN(CCCO)C1CCN(Cc2c(F)cccc2Cl)CC1. The summed E-state index contributed by atoms with van der Waals surface area (Å²) in [6.07, 6.45) is 2.98. The Kier molecular flexibility index (Phi) is 6.42. The van der Waals surface area contributed by atoms with Gasteiger partial charge in [-0.05, 0) is 51.5 Å². The number of piperidine rings is 1. The van der Waals surface area contributed by atoms with Crippen LogP contribution in [0.1, 0.15) is 24.8 Å². The molecule has 0 aromatic heterocycles. The van der Waals surface area contributed by atoms with Crippen molar-refractivity contribution in [2.45, 2.75) is 31.8 Å². The van der Waals surface area contributed by atoms with Crippen LogP contribution in [-0.2, 0) is 6.54 Å². The van der Waals surface area contributed by atoms with E-state index in [0.717, 1.165) is 38.9 Å². The highest BCUT2D eigenvalue weighted by Gasteiger charge is 2.23. The molecule has 0 saturated carbocycles. The highest BCUT2D eigenvalue weighted by atomic mass is 35.5. The fourth-order valence-electron chi connectivity index (χ4n) is 2.93. The summed E-state index contributed by atoms with van der Waals surface area (Å²) < 4.78 is 13.8. The van der Waals surface area contributed by atoms with Gasteiger partial charge >= 0.3 is 0 Å². The summed E-state index contributed by atoms with van der Waals surface area (Å²) in [7, 11) is 2.11. The molecular weight excluding hydrogens is 291 g/mol. The van der Waals surface area contributed by atoms with E-state index in [2.05, 4.69) is 16.8 Å². The molecule has 1 aromatic rings. The summed E-state index contributed by atoms with van der Waals surface area (Å²) in [6.45, 7) is 3.67. The topological polar surface area (TPSA) is 26.7 Å². The summed E-state index contributed by atoms with van der Waals surface area (Å²) in [6, 6.07) is 5.42. The summed E-state index contributed by atoms with van der Waals surface area (Å²) in [5.74, 6) is -0.218. The first-order valence-corrected chi connectivity index (χ1v) is 7.96. The summed E-state index contributed by atoms with van der Waals surface area (Å²) >= 11 is 6.09. The molecule has 5 heteroatoms. The smallest absolute Gasteiger partial charge is 0.129 e. The second kappa shape index (κ2) is 8.08. The van der Waals surface area contributed by atoms with E-state index in [1.807, 2.05) is 0 Å². The van der Waals surface area contributed by atoms with Crippen molar-refractivity contribution in [3.05, 3.63) is 34.6 Å². The number of aliphatic hydroxyl groups is 1. The molecule has 21 heavy (non-hydrogen) atoms. The van der Waals surface area contributed by atoms with Crippen molar-refractivity contribution in [3.63, 3.8) is 0 Å². The molecule has 0 amide bonds. The van der Waals surface area contributed by atoms with Gasteiger partial charge in [0.1, 0.15) is 5.82 Å². The van der Waals surface area contributed by atoms with E-state index in [9.17, 15) is 4.39 Å². The third-order valence-electron chi connectivity index (χ3n) is 4.29. The maximum Gasteiger partial charge on any atom is 0.129 e. The molecule has 1 N–H and O–H groups in total. The lowest BCUT2D eigenvalue weighted by atomic mass is 10.0. The molecule has 1 aromatic carbocycles. The second-order valence-corrected chi connectivity index (χ2v) is 6.17. The lowest BCUT2D eigenvalue weighted by Gasteiger charge is -2.36. The van der Waals surface area contributed by atoms with Crippen LogP contribution in [0.15, 0.2) is 18.2 Å². The minimum absolute atomic E-state index is 0.218. The van der Waals surface area contributed by atoms with Gasteiger partial charge in [-0.1, -0.05) is 17.7 Å². The highest BCUT2D eigenvalue weighted by Crippen LogP contribution is 2.23. The first-order chi connectivity index (χ1) is 10.1. The van der Waals surface area contributed by atoms with Crippen molar-refractivity contribution in [2.24, 2.45) is 0 Å². The van der Waals surface area contributed by atoms with Gasteiger partial charge in [-0.15, -0.1) is 0 Å². The molecule has 1 aliphatic heterocycles. The van der Waals surface area contributed by atoms with Gasteiger partial charge in [0.05, 0.1) is 0 Å². The summed E-state index contributed by atoms with van der Waals surface area (Å²) in [5.41, 5.74) is 0.603. The zero-order chi connectivity index (χ0) is 15.2. The Hall–Kier alpha value is -0.680. The minimum atomic E-state index is -0.218. The molecular formula is C16H24ClFN2O. The molecule has 118 valence electrons. The van der Waals surface area contributed by atoms with Crippen LogP contribution in [-0.4, -0.2) is 54.2 Å². The quantitative estimate of drug-likeness (QED) is 0.874. The van der Waals surface area contributed by atoms with Crippen molar-refractivity contribution >= 4 is 11.6 Å². The molecule has 0 aliphatic carbocycles. The Morgan fingerprint density at radius 1 is 1.38 bits per heavy atom. The second-order valence-electron chi connectivity index (χ2n) is 5.77. The summed E-state index contributed by atoms with van der Waals surface area (Å²) in [5, 5.41) is 9.40. The first kappa shape index (κ1) is 16.7.